The molecule has 11 aromatic rings. The Balaban J connectivity index is 0.000000123. The van der Waals surface area contributed by atoms with Gasteiger partial charge in [0, 0.05) is 47.0 Å². The highest BCUT2D eigenvalue weighted by Gasteiger charge is 2.35. The molecule has 0 amide bonds. The van der Waals surface area contributed by atoms with Crippen molar-refractivity contribution < 1.29 is 57.4 Å². The van der Waals surface area contributed by atoms with Crippen LogP contribution in [0.5, 0.6) is 28.7 Å². The maximum atomic E-state index is 13.0. The Morgan fingerprint density at radius 2 is 0.929 bits per heavy atom. The summed E-state index contributed by atoms with van der Waals surface area (Å²) in [5.74, 6) is 3.87. The molecule has 0 spiro atoms. The van der Waals surface area contributed by atoms with E-state index in [1.807, 2.05) is 157 Å². The highest BCUT2D eigenvalue weighted by atomic mass is 79.9. The number of fused-ring (bicyclic) bond motifs is 8. The van der Waals surface area contributed by atoms with Gasteiger partial charge in [0.2, 0.25) is 0 Å². The normalized spacial score (nSPS) is 14.6. The van der Waals surface area contributed by atoms with Gasteiger partial charge in [-0.3, -0.25) is 4.79 Å². The van der Waals surface area contributed by atoms with E-state index in [4.69, 9.17) is 42.9 Å². The fourth-order valence-corrected chi connectivity index (χ4v) is 12.9. The molecule has 5 aromatic carbocycles. The number of esters is 2. The van der Waals surface area contributed by atoms with Crippen LogP contribution in [0.3, 0.4) is 0 Å². The van der Waals surface area contributed by atoms with Gasteiger partial charge in [0.05, 0.1) is 85.6 Å². The third kappa shape index (κ3) is 16.7. The van der Waals surface area contributed by atoms with Crippen molar-refractivity contribution in [3.8, 4) is 62.5 Å². The number of hydrogen-bond acceptors (Lipinski definition) is 15. The Morgan fingerprint density at radius 1 is 0.495 bits per heavy atom. The smallest absolute Gasteiger partial charge is 0.341 e. The minimum absolute atomic E-state index is 0.123. The summed E-state index contributed by atoms with van der Waals surface area (Å²) in [5.41, 5.74) is 15.0. The second-order valence-corrected chi connectivity index (χ2v) is 25.9. The van der Waals surface area contributed by atoms with Gasteiger partial charge in [0.15, 0.2) is 18.0 Å². The first-order valence-electron chi connectivity index (χ1n) is 34.1. The zero-order valence-corrected chi connectivity index (χ0v) is 58.2. The quantitative estimate of drug-likeness (QED) is 0.0688. The number of hydrogen-bond donors (Lipinski definition) is 1. The van der Waals surface area contributed by atoms with Gasteiger partial charge in [-0.25, -0.2) is 24.5 Å². The average molecular weight is 1400 g/mol. The van der Waals surface area contributed by atoms with Crippen molar-refractivity contribution in [2.75, 3.05) is 51.6 Å². The summed E-state index contributed by atoms with van der Waals surface area (Å²) in [6.45, 7) is 13.8. The molecular weight excluding hydrogens is 1320 g/mol. The number of para-hydroxylation sites is 1. The number of ether oxygens (including phenoxy) is 8. The Morgan fingerprint density at radius 3 is 1.44 bits per heavy atom. The van der Waals surface area contributed by atoms with Crippen molar-refractivity contribution in [2.24, 2.45) is 0 Å². The highest BCUT2D eigenvalue weighted by molar-refractivity contribution is 9.09. The lowest BCUT2D eigenvalue weighted by molar-refractivity contribution is -0.167. The molecule has 6 aromatic heterocycles. The van der Waals surface area contributed by atoms with Crippen LogP contribution >= 0.6 is 15.9 Å². The number of aliphatic hydroxyl groups excluding tert-OH is 1. The van der Waals surface area contributed by atoms with E-state index in [2.05, 4.69) is 68.5 Å². The van der Waals surface area contributed by atoms with E-state index in [9.17, 15) is 19.5 Å². The van der Waals surface area contributed by atoms with E-state index in [0.29, 0.717) is 28.1 Å². The number of Topliss-reactive ketones (excluding diaryl/α,β-unsaturated/α-hetero) is 1. The molecule has 1 N–H and O–H groups in total. The van der Waals surface area contributed by atoms with Gasteiger partial charge in [0.1, 0.15) is 45.7 Å². The Bertz CT molecular complexity index is 4590. The number of alkyl halides is 1. The Hall–Kier alpha value is -9.82. The maximum absolute atomic E-state index is 13.0. The molecule has 0 aliphatic carbocycles. The highest BCUT2D eigenvalue weighted by Crippen LogP contribution is 2.39. The van der Waals surface area contributed by atoms with E-state index in [1.54, 1.807) is 24.4 Å². The van der Waals surface area contributed by atoms with Crippen LogP contribution < -0.4 is 23.7 Å². The van der Waals surface area contributed by atoms with Gasteiger partial charge in [0.25, 0.3) is 0 Å². The lowest BCUT2D eigenvalue weighted by Gasteiger charge is -2.27. The summed E-state index contributed by atoms with van der Waals surface area (Å²) in [6, 6.07) is 49.6. The predicted molar refractivity (Wildman–Crippen MR) is 384 cm³/mol. The second-order valence-electron chi connectivity index (χ2n) is 25.4. The number of ketones is 1. The molecule has 19 heteroatoms. The largest absolute Gasteiger partial charge is 0.493 e. The molecule has 2 unspecified atom stereocenters. The van der Waals surface area contributed by atoms with Gasteiger partial charge in [-0.2, -0.15) is 0 Å². The minimum Gasteiger partial charge on any atom is -0.493 e. The van der Waals surface area contributed by atoms with Crippen LogP contribution in [0.2, 0.25) is 0 Å². The lowest BCUT2D eigenvalue weighted by atomic mass is 9.99. The van der Waals surface area contributed by atoms with Crippen LogP contribution in [0, 0.1) is 0 Å². The van der Waals surface area contributed by atoms with Crippen LogP contribution in [0.15, 0.2) is 176 Å². The number of imidazole rings is 3. The zero-order chi connectivity index (χ0) is 68.8. The number of carbonyl (C=O) groups excluding carboxylic acids is 3. The summed E-state index contributed by atoms with van der Waals surface area (Å²) in [6.07, 6.45) is 15.9. The van der Waals surface area contributed by atoms with E-state index in [-0.39, 0.29) is 19.0 Å². The zero-order valence-electron chi connectivity index (χ0n) is 56.6. The SMILES string of the molecule is CCOC(=O)C(O)c1c(-c2ccc3c(c2)CCCO3)nc2ccccn12.CCOC(=O)C(OC(C)(C)C)c1c(-c2ccc3c(c2)CCCO3)nc2ccccn12.O=C(CBr)c1ccc2c(c1)CCCO2.c1ccc2c(c1)CCCO2.c1ccn2cc(-c3ccc4c(c3)CCCO4)nc2c1. The van der Waals surface area contributed by atoms with Crippen LogP contribution in [0.1, 0.15) is 128 Å². The number of benzene rings is 5. The first-order valence-corrected chi connectivity index (χ1v) is 35.3. The van der Waals surface area contributed by atoms with Crippen molar-refractivity contribution in [2.45, 2.75) is 117 Å². The maximum Gasteiger partial charge on any atom is 0.341 e. The topological polar surface area (TPSA) is 197 Å². The first-order chi connectivity index (χ1) is 48.2. The summed E-state index contributed by atoms with van der Waals surface area (Å²) < 4.78 is 50.3. The third-order valence-corrected chi connectivity index (χ3v) is 17.7. The van der Waals surface area contributed by atoms with Gasteiger partial charge in [-0.1, -0.05) is 52.3 Å². The fraction of sp³-hybridized carbons (Fsp3) is 0.325. The van der Waals surface area contributed by atoms with Crippen molar-refractivity contribution in [3.63, 3.8) is 0 Å². The average Bonchev–Trinajstić information content (AvgIpc) is 1.62. The Labute approximate surface area is 584 Å². The molecule has 18 nitrogen and oxygen atoms in total. The number of aliphatic hydroxyl groups is 1. The van der Waals surface area contributed by atoms with Crippen LogP contribution in [-0.4, -0.2) is 108 Å². The second kappa shape index (κ2) is 32.2. The molecule has 2 atom stereocenters. The molecule has 99 heavy (non-hydrogen) atoms. The number of carbonyl (C=O) groups is 3. The monoisotopic (exact) mass is 1400 g/mol. The summed E-state index contributed by atoms with van der Waals surface area (Å²) in [5, 5.41) is 11.0. The van der Waals surface area contributed by atoms with E-state index >= 15 is 0 Å². The van der Waals surface area contributed by atoms with Crippen LogP contribution in [0.25, 0.3) is 50.7 Å². The summed E-state index contributed by atoms with van der Waals surface area (Å²) >= 11 is 3.17. The molecule has 5 aliphatic rings. The fourth-order valence-electron chi connectivity index (χ4n) is 12.6. The number of halogens is 1. The van der Waals surface area contributed by atoms with E-state index < -0.39 is 29.7 Å². The molecule has 5 aliphatic heterocycles. The standard InChI is InChI=1S/C24H28N2O4.C20H20N2O4.C16H14N2O.C11H11BrO2.C9H10O/c1-5-28-23(27)22(30-24(2,3)4)21-20(25-19-10-6-7-13-26(19)21)17-11-12-18-16(15-17)9-8-14-29-18;1-2-25-20(24)19(23)18-17(21-16-7-3-4-10-22(16)18)14-8-9-15-13(12-14)6-5-11-26-15;1-2-8-18-11-14(17-16(18)5-1)12-6-7-15-13(10-12)4-3-9-19-15;12-7-10(13)8-3-4-11-9(6-8)2-1-5-14-11;1-2-6-9-8(4-1)5-3-7-10-9/h6-7,10-13,15,22H,5,8-9,14H2,1-4H3;3-4,7-10,12,19,23H,2,5-6,11H2,1H3;1-2,5-8,10-11H,3-4,9H2;3-4,6H,1-2,5,7H2;1-2,4,6H,3,5,7H2. The Kier molecular flexibility index (Phi) is 22.5. The molecule has 0 saturated heterocycles. The van der Waals surface area contributed by atoms with Crippen LogP contribution in [0.4, 0.5) is 0 Å². The first kappa shape index (κ1) is 69.1. The van der Waals surface area contributed by atoms with Crippen molar-refractivity contribution in [3.05, 3.63) is 221 Å². The van der Waals surface area contributed by atoms with Gasteiger partial charge in [-0.15, -0.1) is 0 Å². The lowest BCUT2D eigenvalue weighted by Crippen LogP contribution is -2.29. The summed E-state index contributed by atoms with van der Waals surface area (Å²) in [7, 11) is 0. The van der Waals surface area contributed by atoms with Crippen molar-refractivity contribution >= 4 is 50.6 Å². The van der Waals surface area contributed by atoms with Crippen molar-refractivity contribution in [1.82, 2.24) is 28.2 Å². The van der Waals surface area contributed by atoms with Crippen LogP contribution in [-0.2, 0) is 55.9 Å². The number of aromatic nitrogens is 6. The van der Waals surface area contributed by atoms with Gasteiger partial charge in [-0.05, 0) is 242 Å². The van der Waals surface area contributed by atoms with Gasteiger partial charge >= 0.3 is 11.9 Å². The molecule has 0 saturated carbocycles. The van der Waals surface area contributed by atoms with E-state index in [1.165, 1.54) is 17.5 Å². The third-order valence-electron chi connectivity index (χ3n) is 17.2. The number of rotatable bonds is 12. The molecule has 0 bridgehead atoms. The molecule has 0 fully saturated rings. The van der Waals surface area contributed by atoms with Gasteiger partial charge < -0.3 is 56.2 Å². The number of nitrogens with zero attached hydrogens (tertiary/aromatic N) is 6. The van der Waals surface area contributed by atoms with Crippen molar-refractivity contribution in [1.29, 1.82) is 0 Å². The molecule has 512 valence electrons. The minimum atomic E-state index is -1.41. The number of pyridine rings is 3. The molecule has 0 radical (unpaired) electrons. The summed E-state index contributed by atoms with van der Waals surface area (Å²) in [4.78, 5) is 50.7. The molecule has 11 heterocycles. The predicted octanol–water partition coefficient (Wildman–Crippen LogP) is 15.6. The molecular formula is C80H83BrN6O12. The number of aryl methyl sites for hydroxylation is 5. The molecule has 16 rings (SSSR count). The van der Waals surface area contributed by atoms with E-state index in [0.717, 1.165) is 181 Å².